The Labute approximate surface area is 156 Å². The number of carboxylic acids is 1. The molecule has 0 unspecified atom stereocenters. The first kappa shape index (κ1) is 24.1. The van der Waals surface area contributed by atoms with E-state index in [4.69, 9.17) is 15.4 Å². The molecular weight excluding hydrogens is 366 g/mol. The lowest BCUT2D eigenvalue weighted by molar-refractivity contribution is -0.142. The Morgan fingerprint density at radius 2 is 1.73 bits per heavy atom. The molecule has 0 aromatic rings. The van der Waals surface area contributed by atoms with Gasteiger partial charge in [-0.05, 0) is 31.8 Å². The van der Waals surface area contributed by atoms with Gasteiger partial charge in [-0.3, -0.25) is 19.6 Å². The van der Waals surface area contributed by atoms with Gasteiger partial charge in [-0.15, -0.1) is 0 Å². The van der Waals surface area contributed by atoms with Crippen molar-refractivity contribution in [2.75, 3.05) is 18.6 Å². The molecule has 150 valence electrons. The summed E-state index contributed by atoms with van der Waals surface area (Å²) in [6.45, 7) is 0.974. The number of hydroxylamine groups is 1. The predicted molar refractivity (Wildman–Crippen MR) is 94.5 cm³/mol. The lowest BCUT2D eigenvalue weighted by atomic mass is 9.98. The molecule has 26 heavy (non-hydrogen) atoms. The van der Waals surface area contributed by atoms with Crippen LogP contribution in [0, 0.1) is 5.92 Å². The number of rotatable bonds is 13. The van der Waals surface area contributed by atoms with Gasteiger partial charge in [-0.1, -0.05) is 0 Å². The van der Waals surface area contributed by atoms with Gasteiger partial charge in [0.15, 0.2) is 0 Å². The molecule has 11 heteroatoms. The monoisotopic (exact) mass is 393 g/mol. The minimum Gasteiger partial charge on any atom is -0.480 e. The first-order valence-corrected chi connectivity index (χ1v) is 9.52. The Balaban J connectivity index is 4.78. The highest BCUT2D eigenvalue weighted by atomic mass is 32.2. The summed E-state index contributed by atoms with van der Waals surface area (Å²) in [6, 6.07) is -2.28. The van der Waals surface area contributed by atoms with Crippen LogP contribution in [-0.4, -0.2) is 69.8 Å². The quantitative estimate of drug-likeness (QED) is 0.133. The van der Waals surface area contributed by atoms with Crippen LogP contribution in [0.1, 0.15) is 32.6 Å². The Morgan fingerprint density at radius 1 is 1.08 bits per heavy atom. The molecule has 0 radical (unpaired) electrons. The van der Waals surface area contributed by atoms with Crippen molar-refractivity contribution in [3.63, 3.8) is 0 Å². The number of aliphatic hydroxyl groups excluding tert-OH is 1. The maximum Gasteiger partial charge on any atom is 0.326 e. The second-order valence-electron chi connectivity index (χ2n) is 5.71. The normalized spacial score (nSPS) is 14.0. The number of aliphatic hydroxyl groups is 1. The lowest BCUT2D eigenvalue weighted by Gasteiger charge is -2.21. The van der Waals surface area contributed by atoms with Crippen LogP contribution in [0.3, 0.4) is 0 Å². The molecule has 3 amide bonds. The molecule has 6 N–H and O–H groups in total. The number of hydrogen-bond donors (Lipinski definition) is 6. The van der Waals surface area contributed by atoms with E-state index >= 15 is 0 Å². The SMILES string of the molecule is CSCCC[C@H](CC(=O)NO)C(=O)N[C@@H](C)C(=O)N[C@@H](CCO)C(=O)O. The van der Waals surface area contributed by atoms with Gasteiger partial charge in [0.05, 0.1) is 0 Å². The molecule has 0 spiro atoms. The minimum absolute atomic E-state index is 0.157. The summed E-state index contributed by atoms with van der Waals surface area (Å²) in [5, 5.41) is 31.1. The lowest BCUT2D eigenvalue weighted by Crippen LogP contribution is -2.51. The fraction of sp³-hybridized carbons (Fsp3) is 0.733. The Bertz CT molecular complexity index is 490. The van der Waals surface area contributed by atoms with Gasteiger partial charge in [-0.25, -0.2) is 10.3 Å². The zero-order chi connectivity index (χ0) is 20.1. The van der Waals surface area contributed by atoms with E-state index in [-0.39, 0.29) is 12.8 Å². The highest BCUT2D eigenvalue weighted by Gasteiger charge is 2.27. The summed E-state index contributed by atoms with van der Waals surface area (Å²) in [5.74, 6) is -3.18. The van der Waals surface area contributed by atoms with Crippen molar-refractivity contribution >= 4 is 35.5 Å². The Kier molecular flexibility index (Phi) is 12.4. The Hall–Kier alpha value is -1.85. The van der Waals surface area contributed by atoms with Gasteiger partial charge >= 0.3 is 5.97 Å². The molecule has 0 aromatic carbocycles. The van der Waals surface area contributed by atoms with E-state index in [1.165, 1.54) is 12.4 Å². The second kappa shape index (κ2) is 13.4. The number of aliphatic carboxylic acids is 1. The topological polar surface area (TPSA) is 165 Å². The average molecular weight is 393 g/mol. The molecule has 0 rings (SSSR count). The van der Waals surface area contributed by atoms with Crippen LogP contribution < -0.4 is 16.1 Å². The molecule has 0 saturated heterocycles. The largest absolute Gasteiger partial charge is 0.480 e. The van der Waals surface area contributed by atoms with E-state index in [1.54, 1.807) is 11.8 Å². The van der Waals surface area contributed by atoms with Crippen LogP contribution in [0.2, 0.25) is 0 Å². The van der Waals surface area contributed by atoms with Crippen molar-refractivity contribution in [1.29, 1.82) is 0 Å². The number of amides is 3. The van der Waals surface area contributed by atoms with Gasteiger partial charge in [0.2, 0.25) is 17.7 Å². The summed E-state index contributed by atoms with van der Waals surface area (Å²) in [6.07, 6.45) is 2.60. The third-order valence-electron chi connectivity index (χ3n) is 3.61. The maximum atomic E-state index is 12.3. The van der Waals surface area contributed by atoms with Crippen LogP contribution in [0.4, 0.5) is 0 Å². The first-order chi connectivity index (χ1) is 12.3. The van der Waals surface area contributed by atoms with Gasteiger partial charge in [0, 0.05) is 25.4 Å². The summed E-state index contributed by atoms with van der Waals surface area (Å²) >= 11 is 1.59. The van der Waals surface area contributed by atoms with Crippen molar-refractivity contribution < 1.29 is 34.6 Å². The van der Waals surface area contributed by atoms with Gasteiger partial charge in [-0.2, -0.15) is 11.8 Å². The fourth-order valence-corrected chi connectivity index (χ4v) is 2.60. The smallest absolute Gasteiger partial charge is 0.326 e. The van der Waals surface area contributed by atoms with Crippen LogP contribution >= 0.6 is 11.8 Å². The van der Waals surface area contributed by atoms with E-state index in [1.807, 2.05) is 6.26 Å². The number of carbonyl (C=O) groups excluding carboxylic acids is 3. The van der Waals surface area contributed by atoms with Crippen molar-refractivity contribution in [2.45, 2.75) is 44.7 Å². The van der Waals surface area contributed by atoms with Crippen LogP contribution in [0.25, 0.3) is 0 Å². The number of hydrogen-bond acceptors (Lipinski definition) is 7. The average Bonchev–Trinajstić information content (AvgIpc) is 2.59. The third kappa shape index (κ3) is 9.59. The van der Waals surface area contributed by atoms with Crippen molar-refractivity contribution in [1.82, 2.24) is 16.1 Å². The predicted octanol–water partition coefficient (Wildman–Crippen LogP) is -0.902. The van der Waals surface area contributed by atoms with E-state index in [9.17, 15) is 19.2 Å². The molecule has 10 nitrogen and oxygen atoms in total. The van der Waals surface area contributed by atoms with Gasteiger partial charge in [0.1, 0.15) is 12.1 Å². The fourth-order valence-electron chi connectivity index (χ4n) is 2.15. The number of carboxylic acid groups (broad SMARTS) is 1. The van der Waals surface area contributed by atoms with Gasteiger partial charge in [0.25, 0.3) is 0 Å². The van der Waals surface area contributed by atoms with E-state index in [2.05, 4.69) is 10.6 Å². The van der Waals surface area contributed by atoms with Gasteiger partial charge < -0.3 is 20.8 Å². The zero-order valence-corrected chi connectivity index (χ0v) is 15.7. The highest BCUT2D eigenvalue weighted by Crippen LogP contribution is 2.14. The second-order valence-corrected chi connectivity index (χ2v) is 6.70. The summed E-state index contributed by atoms with van der Waals surface area (Å²) in [7, 11) is 0. The number of thioether (sulfide) groups is 1. The van der Waals surface area contributed by atoms with Crippen molar-refractivity contribution in [3.05, 3.63) is 0 Å². The molecule has 0 aliphatic carbocycles. The number of nitrogens with one attached hydrogen (secondary N) is 3. The third-order valence-corrected chi connectivity index (χ3v) is 4.31. The molecule has 0 saturated carbocycles. The molecule has 0 bridgehead atoms. The molecule has 0 aliphatic heterocycles. The first-order valence-electron chi connectivity index (χ1n) is 8.13. The van der Waals surface area contributed by atoms with Crippen LogP contribution in [0.15, 0.2) is 0 Å². The molecule has 3 atom stereocenters. The van der Waals surface area contributed by atoms with E-state index < -0.39 is 48.3 Å². The molecule has 0 heterocycles. The number of carbonyl (C=O) groups is 4. The molecule has 0 aromatic heterocycles. The van der Waals surface area contributed by atoms with E-state index in [0.717, 1.165) is 5.75 Å². The molecular formula is C15H27N3O7S. The van der Waals surface area contributed by atoms with Crippen molar-refractivity contribution in [3.8, 4) is 0 Å². The van der Waals surface area contributed by atoms with Crippen LogP contribution in [0.5, 0.6) is 0 Å². The van der Waals surface area contributed by atoms with E-state index in [0.29, 0.717) is 12.8 Å². The van der Waals surface area contributed by atoms with Crippen molar-refractivity contribution in [2.24, 2.45) is 5.92 Å². The minimum atomic E-state index is -1.29. The zero-order valence-electron chi connectivity index (χ0n) is 14.9. The molecule has 0 aliphatic rings. The summed E-state index contributed by atoms with van der Waals surface area (Å²) < 4.78 is 0. The Morgan fingerprint density at radius 3 is 2.23 bits per heavy atom. The van der Waals surface area contributed by atoms with Crippen LogP contribution in [-0.2, 0) is 19.2 Å². The maximum absolute atomic E-state index is 12.3. The molecule has 0 fully saturated rings. The summed E-state index contributed by atoms with van der Waals surface area (Å²) in [5.41, 5.74) is 1.48. The standard InChI is InChI=1S/C15H27N3O7S/c1-9(13(21)17-11(5-6-19)15(23)24)16-14(22)10(4-3-7-26-2)8-12(20)18-25/h9-11,19,25H,3-8H2,1-2H3,(H,16,22)(H,17,21)(H,18,20)(H,23,24)/t9-,10+,11-/m0/s1. The highest BCUT2D eigenvalue weighted by molar-refractivity contribution is 7.98. The summed E-state index contributed by atoms with van der Waals surface area (Å²) in [4.78, 5) is 46.7.